The van der Waals surface area contributed by atoms with Gasteiger partial charge in [-0.05, 0) is 11.8 Å². The van der Waals surface area contributed by atoms with Gasteiger partial charge in [0.2, 0.25) is 5.95 Å². The summed E-state index contributed by atoms with van der Waals surface area (Å²) in [5.74, 6) is -0.220. The topological polar surface area (TPSA) is 252 Å². The van der Waals surface area contributed by atoms with E-state index in [2.05, 4.69) is 42.2 Å². The van der Waals surface area contributed by atoms with Crippen LogP contribution in [0.5, 0.6) is 0 Å². The van der Waals surface area contributed by atoms with Crippen LogP contribution >= 0.6 is 25.8 Å². The van der Waals surface area contributed by atoms with E-state index in [1.165, 1.54) is 10.9 Å². The van der Waals surface area contributed by atoms with Crippen LogP contribution in [-0.4, -0.2) is 93.9 Å². The van der Waals surface area contributed by atoms with E-state index in [1.807, 2.05) is 0 Å². The zero-order chi connectivity index (χ0) is 31.8. The minimum Gasteiger partial charge on any atom is -0.382 e. The summed E-state index contributed by atoms with van der Waals surface area (Å²) in [7, 11) is 0. The molecule has 242 valence electrons. The first-order valence-corrected chi connectivity index (χ1v) is 18.2. The summed E-state index contributed by atoms with van der Waals surface area (Å²) in [4.78, 5) is 45.3. The Kier molecular flexibility index (Phi) is 7.72. The number of hydrogen-bond acceptors (Lipinski definition) is 16. The lowest BCUT2D eigenvalue weighted by atomic mass is 10.1. The van der Waals surface area contributed by atoms with Crippen molar-refractivity contribution in [2.24, 2.45) is 0 Å². The third kappa shape index (κ3) is 5.54. The lowest BCUT2D eigenvalue weighted by Gasteiger charge is -2.29. The van der Waals surface area contributed by atoms with Gasteiger partial charge in [-0.3, -0.25) is 32.5 Å². The van der Waals surface area contributed by atoms with E-state index in [0.717, 1.165) is 17.2 Å². The number of aromatic nitrogens is 8. The molecule has 0 aromatic carbocycles. The number of rotatable bonds is 2. The van der Waals surface area contributed by atoms with Crippen LogP contribution < -0.4 is 17.0 Å². The molecule has 3 saturated heterocycles. The number of anilines is 2. The van der Waals surface area contributed by atoms with Gasteiger partial charge in [-0.1, -0.05) is 12.2 Å². The molecule has 4 aromatic rings. The highest BCUT2D eigenvalue weighted by Crippen LogP contribution is 2.58. The van der Waals surface area contributed by atoms with Crippen LogP contribution in [0.3, 0.4) is 0 Å². The molecule has 0 bridgehead atoms. The quantitative estimate of drug-likeness (QED) is 0.142. The van der Waals surface area contributed by atoms with Crippen molar-refractivity contribution in [3.05, 3.63) is 29.3 Å². The monoisotopic (exact) mass is 710 g/mol. The predicted octanol–water partition coefficient (Wildman–Crippen LogP) is 0.667. The molecule has 0 aliphatic carbocycles. The fourth-order valence-corrected chi connectivity index (χ4v) is 8.16. The van der Waals surface area contributed by atoms with Gasteiger partial charge in [0.15, 0.2) is 47.4 Å². The van der Waals surface area contributed by atoms with Gasteiger partial charge in [0, 0.05) is 0 Å². The van der Waals surface area contributed by atoms with Crippen LogP contribution in [-0.2, 0) is 43.9 Å². The zero-order valence-electron chi connectivity index (χ0n) is 22.3. The van der Waals surface area contributed by atoms with E-state index in [9.17, 15) is 14.3 Å². The minimum absolute atomic E-state index is 0.0426. The van der Waals surface area contributed by atoms with Crippen molar-refractivity contribution >= 4 is 71.7 Å². The number of nitrogens with zero attached hydrogens (tertiary/aromatic N) is 7. The van der Waals surface area contributed by atoms with Crippen molar-refractivity contribution in [2.75, 3.05) is 24.7 Å². The number of imidazole rings is 2. The number of hydrogen-bond donors (Lipinski definition) is 5. The predicted molar refractivity (Wildman–Crippen MR) is 155 cm³/mol. The summed E-state index contributed by atoms with van der Waals surface area (Å²) in [6.07, 6.45) is -9.74. The summed E-state index contributed by atoms with van der Waals surface area (Å²) in [5.41, 5.74) is 10.8. The number of H-pyrrole nitrogens is 1. The van der Waals surface area contributed by atoms with Crippen molar-refractivity contribution in [3.8, 4) is 0 Å². The molecule has 0 radical (unpaired) electrons. The SMILES string of the molecule is Nc1nc2c(ncn2[C@@H]2O[C@@H]3COP(=O)(S)O[C@H]4[C@@H](F)[C@H](n5cnc6c(N)ncnc65)O[C@@H]4COP(O)(=S)O[C@H]3[C@H]2F)c(=O)[nH]1. The number of nitrogens with one attached hydrogen (secondary N) is 1. The third-order valence-corrected chi connectivity index (χ3v) is 10.4. The van der Waals surface area contributed by atoms with E-state index in [1.54, 1.807) is 0 Å². The highest BCUT2D eigenvalue weighted by atomic mass is 32.7. The number of thiol groups is 1. The summed E-state index contributed by atoms with van der Waals surface area (Å²) < 4.78 is 81.1. The maximum atomic E-state index is 16.0. The lowest BCUT2D eigenvalue weighted by molar-refractivity contribution is -0.0564. The fraction of sp³-hybridized carbons (Fsp3) is 0.500. The van der Waals surface area contributed by atoms with Gasteiger partial charge in [0.05, 0.1) is 25.9 Å². The third-order valence-electron chi connectivity index (χ3n) is 7.23. The standard InChI is InChI=1S/C20H22F2N10O9P2S2/c21-8-12-6(38-18(8)31-4-27-10-14(23)25-3-26-15(10)31)1-36-43(35,45)41-13-7(2-37-42(34,44)40-12)39-19(9(13)22)32-5-28-11-16(32)29-20(24)30-17(11)33/h3-9,12-13,18-19H,1-2H2,(H,34,44)(H,35,45)(H2,23,25,26)(H3,24,29,30,33)/t6-,7-,8-,9-,12-,13-,18-,19-,42?,43?/m1/s1. The molecule has 0 amide bonds. The molecule has 3 fully saturated rings. The molecule has 25 heteroatoms. The van der Waals surface area contributed by atoms with Crippen LogP contribution in [0.2, 0.25) is 0 Å². The van der Waals surface area contributed by atoms with Crippen LogP contribution in [0.4, 0.5) is 20.5 Å². The molecule has 2 unspecified atom stereocenters. The highest BCUT2D eigenvalue weighted by Gasteiger charge is 2.54. The van der Waals surface area contributed by atoms with Crippen molar-refractivity contribution in [1.82, 2.24) is 39.0 Å². The normalized spacial score (nSPS) is 37.7. The maximum absolute atomic E-state index is 16.0. The van der Waals surface area contributed by atoms with Gasteiger partial charge in [0.25, 0.3) is 5.56 Å². The first kappa shape index (κ1) is 30.9. The Morgan fingerprint density at radius 1 is 0.956 bits per heavy atom. The molecule has 0 spiro atoms. The molecule has 7 heterocycles. The van der Waals surface area contributed by atoms with Gasteiger partial charge in [-0.25, -0.2) is 33.3 Å². The largest absolute Gasteiger partial charge is 0.386 e. The molecule has 3 aliphatic heterocycles. The molecule has 7 rings (SSSR count). The Labute approximate surface area is 259 Å². The van der Waals surface area contributed by atoms with Crippen LogP contribution in [0, 0.1) is 0 Å². The Balaban J connectivity index is 1.17. The summed E-state index contributed by atoms with van der Waals surface area (Å²) in [6, 6.07) is 0. The molecule has 0 saturated carbocycles. The smallest absolute Gasteiger partial charge is 0.382 e. The van der Waals surface area contributed by atoms with Crippen molar-refractivity contribution < 1.29 is 45.8 Å². The number of aromatic amines is 1. The molecule has 45 heavy (non-hydrogen) atoms. The van der Waals surface area contributed by atoms with E-state index in [0.29, 0.717) is 0 Å². The number of nitrogens with two attached hydrogens (primary N) is 2. The summed E-state index contributed by atoms with van der Waals surface area (Å²) >= 11 is 9.11. The first-order chi connectivity index (χ1) is 21.3. The van der Waals surface area contributed by atoms with Crippen LogP contribution in [0.25, 0.3) is 22.3 Å². The number of halogens is 2. The molecule has 19 nitrogen and oxygen atoms in total. The maximum Gasteiger partial charge on any atom is 0.386 e. The number of fused-ring (bicyclic) bond motifs is 4. The summed E-state index contributed by atoms with van der Waals surface area (Å²) in [6.45, 7) is -10.1. The van der Waals surface area contributed by atoms with Gasteiger partial charge in [-0.15, -0.1) is 0 Å². The Morgan fingerprint density at radius 2 is 1.56 bits per heavy atom. The Morgan fingerprint density at radius 3 is 2.24 bits per heavy atom. The van der Waals surface area contributed by atoms with E-state index in [-0.39, 0.29) is 34.1 Å². The summed E-state index contributed by atoms with van der Waals surface area (Å²) in [5, 5.41) is 0. The van der Waals surface area contributed by atoms with E-state index in [4.69, 9.17) is 50.8 Å². The lowest BCUT2D eigenvalue weighted by Crippen LogP contribution is -2.37. The highest BCUT2D eigenvalue weighted by molar-refractivity contribution is 8.44. The first-order valence-electron chi connectivity index (χ1n) is 12.9. The van der Waals surface area contributed by atoms with Gasteiger partial charge < -0.3 is 30.4 Å². The Hall–Kier alpha value is -2.69. The number of alkyl halides is 2. The van der Waals surface area contributed by atoms with E-state index >= 15 is 8.78 Å². The van der Waals surface area contributed by atoms with E-state index < -0.39 is 81.5 Å². The van der Waals surface area contributed by atoms with Crippen LogP contribution in [0.15, 0.2) is 23.8 Å². The van der Waals surface area contributed by atoms with Crippen LogP contribution in [0.1, 0.15) is 12.5 Å². The molecule has 4 aromatic heterocycles. The second-order valence-electron chi connectivity index (χ2n) is 10.0. The molecule has 6 N–H and O–H groups in total. The fourth-order valence-electron chi connectivity index (χ4n) is 5.25. The molecular weight excluding hydrogens is 688 g/mol. The second kappa shape index (κ2) is 11.2. The van der Waals surface area contributed by atoms with Gasteiger partial charge in [-0.2, -0.15) is 4.98 Å². The number of nitrogen functional groups attached to an aromatic ring is 2. The Bertz CT molecular complexity index is 1950. The molecular formula is C20H22F2N10O9P2S2. The average Bonchev–Trinajstić information content (AvgIpc) is 3.72. The average molecular weight is 711 g/mol. The van der Waals surface area contributed by atoms with Crippen molar-refractivity contribution in [1.29, 1.82) is 0 Å². The second-order valence-corrected chi connectivity index (χ2v) is 15.7. The number of ether oxygens (including phenoxy) is 2. The molecule has 10 atom stereocenters. The van der Waals surface area contributed by atoms with Crippen molar-refractivity contribution in [2.45, 2.75) is 49.2 Å². The van der Waals surface area contributed by atoms with Gasteiger partial charge >= 0.3 is 13.5 Å². The van der Waals surface area contributed by atoms with Gasteiger partial charge in [0.1, 0.15) is 36.3 Å². The zero-order valence-corrected chi connectivity index (χ0v) is 25.8. The molecule has 3 aliphatic rings. The minimum atomic E-state index is -4.42. The van der Waals surface area contributed by atoms with Crippen molar-refractivity contribution in [3.63, 3.8) is 0 Å².